The second-order valence-corrected chi connectivity index (χ2v) is 10.2. The van der Waals surface area contributed by atoms with E-state index in [-0.39, 0.29) is 16.4 Å². The highest BCUT2D eigenvalue weighted by Gasteiger charge is 2.30. The summed E-state index contributed by atoms with van der Waals surface area (Å²) < 4.78 is 5.34. The molecule has 0 aromatic heterocycles. The molecule has 3 nitrogen and oxygen atoms in total. The quantitative estimate of drug-likeness (QED) is 0.640. The molecule has 2 aromatic rings. The van der Waals surface area contributed by atoms with Crippen LogP contribution in [0.5, 0.6) is 11.5 Å². The van der Waals surface area contributed by atoms with Crippen molar-refractivity contribution in [3.8, 4) is 11.5 Å². The third-order valence-corrected chi connectivity index (χ3v) is 7.23. The number of hydrogen-bond acceptors (Lipinski definition) is 3. The van der Waals surface area contributed by atoms with E-state index in [2.05, 4.69) is 65.1 Å². The molecule has 0 saturated carbocycles. The van der Waals surface area contributed by atoms with E-state index in [0.29, 0.717) is 14.3 Å². The molecule has 0 spiro atoms. The zero-order valence-corrected chi connectivity index (χ0v) is 18.7. The maximum atomic E-state index is 10.7. The van der Waals surface area contributed by atoms with E-state index >= 15 is 0 Å². The van der Waals surface area contributed by atoms with Gasteiger partial charge in [0.1, 0.15) is 0 Å². The lowest BCUT2D eigenvalue weighted by Crippen LogP contribution is -2.36. The summed E-state index contributed by atoms with van der Waals surface area (Å²) in [6.45, 7) is 14.0. The van der Waals surface area contributed by atoms with E-state index in [4.69, 9.17) is 4.74 Å². The Balaban J connectivity index is 2.44. The van der Waals surface area contributed by atoms with E-state index in [9.17, 15) is 5.11 Å². The van der Waals surface area contributed by atoms with Crippen LogP contribution in [0.2, 0.25) is 0 Å². The molecule has 0 amide bonds. The normalized spacial score (nSPS) is 14.5. The van der Waals surface area contributed by atoms with Crippen LogP contribution in [0.15, 0.2) is 36.4 Å². The van der Waals surface area contributed by atoms with Gasteiger partial charge in [-0.05, 0) is 56.6 Å². The Kier molecular flexibility index (Phi) is 6.94. The summed E-state index contributed by atoms with van der Waals surface area (Å²) in [5, 5.41) is 15.6. The summed E-state index contributed by atoms with van der Waals surface area (Å²) in [6.07, 6.45) is 0.937. The summed E-state index contributed by atoms with van der Waals surface area (Å²) in [7, 11) is 2.15. The monoisotopic (exact) mass is 387 g/mol. The van der Waals surface area contributed by atoms with Gasteiger partial charge in [-0.25, -0.2) is 0 Å². The van der Waals surface area contributed by atoms with E-state index in [1.807, 2.05) is 18.2 Å². The smallest absolute Gasteiger partial charge is 0.161 e. The molecule has 4 heteroatoms. The third kappa shape index (κ3) is 5.24. The number of ether oxygens (including phenoxy) is 1. The van der Waals surface area contributed by atoms with Crippen molar-refractivity contribution < 1.29 is 9.84 Å². The Morgan fingerprint density at radius 1 is 1.07 bits per heavy atom. The molecule has 0 heterocycles. The molecule has 0 radical (unpaired) electrons. The van der Waals surface area contributed by atoms with Crippen molar-refractivity contribution in [2.24, 2.45) is 0 Å². The summed E-state index contributed by atoms with van der Waals surface area (Å²) in [4.78, 5) is 0. The highest BCUT2D eigenvalue weighted by molar-refractivity contribution is 7.48. The van der Waals surface area contributed by atoms with Gasteiger partial charge in [-0.2, -0.15) is 0 Å². The first-order valence-electron chi connectivity index (χ1n) is 9.59. The van der Waals surface area contributed by atoms with Crippen molar-refractivity contribution in [2.75, 3.05) is 7.11 Å². The van der Waals surface area contributed by atoms with Crippen molar-refractivity contribution in [1.29, 1.82) is 0 Å². The van der Waals surface area contributed by atoms with E-state index < -0.39 is 0 Å². The maximum absolute atomic E-state index is 10.7. The van der Waals surface area contributed by atoms with Crippen LogP contribution < -0.4 is 15.4 Å². The lowest BCUT2D eigenvalue weighted by molar-refractivity contribution is 0.367. The Labute approximate surface area is 166 Å². The molecule has 0 aliphatic heterocycles. The molecule has 0 fully saturated rings. The summed E-state index contributed by atoms with van der Waals surface area (Å²) in [5.41, 5.74) is 3.68. The van der Waals surface area contributed by atoms with E-state index in [0.717, 1.165) is 18.5 Å². The van der Waals surface area contributed by atoms with Crippen molar-refractivity contribution in [3.05, 3.63) is 53.1 Å². The second-order valence-electron chi connectivity index (χ2n) is 8.38. The second kappa shape index (κ2) is 8.63. The van der Waals surface area contributed by atoms with Gasteiger partial charge in [-0.1, -0.05) is 52.8 Å². The summed E-state index contributed by atoms with van der Waals surface area (Å²) in [6, 6.07) is 12.3. The number of para-hydroxylation sites is 1. The van der Waals surface area contributed by atoms with Crippen molar-refractivity contribution in [2.45, 2.75) is 65.2 Å². The number of benzene rings is 2. The van der Waals surface area contributed by atoms with Crippen LogP contribution in [0, 0.1) is 6.92 Å². The molecule has 0 aliphatic rings. The van der Waals surface area contributed by atoms with E-state index in [1.165, 1.54) is 16.4 Å². The Hall–Kier alpha value is -1.57. The maximum Gasteiger partial charge on any atom is 0.161 e. The van der Waals surface area contributed by atoms with Crippen LogP contribution in [0.25, 0.3) is 0 Å². The molecular formula is C23H34NO2P. The van der Waals surface area contributed by atoms with Gasteiger partial charge in [0.15, 0.2) is 11.5 Å². The zero-order chi connectivity index (χ0) is 20.2. The highest BCUT2D eigenvalue weighted by Crippen LogP contribution is 2.49. The summed E-state index contributed by atoms with van der Waals surface area (Å²) >= 11 is 0. The van der Waals surface area contributed by atoms with Crippen molar-refractivity contribution >= 4 is 13.9 Å². The van der Waals surface area contributed by atoms with Crippen LogP contribution in [-0.4, -0.2) is 17.8 Å². The number of aromatic hydroxyl groups is 1. The molecule has 0 saturated heterocycles. The Morgan fingerprint density at radius 3 is 2.33 bits per heavy atom. The van der Waals surface area contributed by atoms with Crippen LogP contribution >= 0.6 is 8.58 Å². The fourth-order valence-corrected chi connectivity index (χ4v) is 4.85. The largest absolute Gasteiger partial charge is 0.504 e. The van der Waals surface area contributed by atoms with Gasteiger partial charge < -0.3 is 15.2 Å². The molecule has 0 bridgehead atoms. The first-order valence-corrected chi connectivity index (χ1v) is 10.6. The highest BCUT2D eigenvalue weighted by atomic mass is 31.1. The minimum absolute atomic E-state index is 0.0727. The average molecular weight is 388 g/mol. The minimum Gasteiger partial charge on any atom is -0.504 e. The number of aryl methyl sites for hydroxylation is 1. The number of hydrogen-bond donors (Lipinski definition) is 2. The van der Waals surface area contributed by atoms with Crippen LogP contribution in [0.1, 0.15) is 57.7 Å². The lowest BCUT2D eigenvalue weighted by atomic mass is 9.96. The SMILES string of the molecule is CCC(C)(Pc1c(C)cccc1CNC(C)(C)C)c1cccc(OC)c1O. The molecule has 27 heavy (non-hydrogen) atoms. The molecule has 2 unspecified atom stereocenters. The van der Waals surface area contributed by atoms with Gasteiger partial charge in [0.2, 0.25) is 0 Å². The summed E-state index contributed by atoms with van der Waals surface area (Å²) in [5.74, 6) is 0.802. The molecular weight excluding hydrogens is 353 g/mol. The van der Waals surface area contributed by atoms with Crippen LogP contribution in [0.3, 0.4) is 0 Å². The average Bonchev–Trinajstić information content (AvgIpc) is 2.61. The number of phenolic OH excluding ortho intramolecular Hbond substituents is 1. The van der Waals surface area contributed by atoms with Gasteiger partial charge in [0.25, 0.3) is 0 Å². The number of nitrogens with one attached hydrogen (secondary N) is 1. The first kappa shape index (κ1) is 21.7. The fourth-order valence-electron chi connectivity index (χ4n) is 3.17. The first-order chi connectivity index (χ1) is 12.6. The van der Waals surface area contributed by atoms with Crippen LogP contribution in [0.4, 0.5) is 0 Å². The van der Waals surface area contributed by atoms with Gasteiger partial charge in [-0.15, -0.1) is 0 Å². The molecule has 148 valence electrons. The molecule has 2 atom stereocenters. The fraction of sp³-hybridized carbons (Fsp3) is 0.478. The molecule has 2 rings (SSSR count). The number of methoxy groups -OCH3 is 1. The molecule has 2 aromatic carbocycles. The van der Waals surface area contributed by atoms with Gasteiger partial charge >= 0.3 is 0 Å². The van der Waals surface area contributed by atoms with Crippen LogP contribution in [-0.2, 0) is 11.7 Å². The molecule has 2 N–H and O–H groups in total. The number of rotatable bonds is 7. The predicted molar refractivity (Wildman–Crippen MR) is 118 cm³/mol. The molecule has 0 aliphatic carbocycles. The topological polar surface area (TPSA) is 41.5 Å². The zero-order valence-electron chi connectivity index (χ0n) is 17.7. The minimum atomic E-state index is -0.152. The van der Waals surface area contributed by atoms with Gasteiger partial charge in [0.05, 0.1) is 7.11 Å². The van der Waals surface area contributed by atoms with Crippen molar-refractivity contribution in [3.63, 3.8) is 0 Å². The van der Waals surface area contributed by atoms with E-state index in [1.54, 1.807) is 7.11 Å². The third-order valence-electron chi connectivity index (χ3n) is 5.09. The Bertz CT molecular complexity index is 782. The standard InChI is InChI=1S/C23H34NO2P/c1-8-23(6,18-13-10-14-19(26-7)20(18)25)27-21-16(2)11-9-12-17(21)15-24-22(3,4)5/h9-14,24-25,27H,8,15H2,1-7H3. The Morgan fingerprint density at radius 2 is 1.74 bits per heavy atom. The lowest BCUT2D eigenvalue weighted by Gasteiger charge is -2.32. The number of phenols is 1. The van der Waals surface area contributed by atoms with Gasteiger partial charge in [0, 0.05) is 22.8 Å². The van der Waals surface area contributed by atoms with Crippen molar-refractivity contribution in [1.82, 2.24) is 5.32 Å². The van der Waals surface area contributed by atoms with Gasteiger partial charge in [-0.3, -0.25) is 0 Å². The predicted octanol–water partition coefficient (Wildman–Crippen LogP) is 5.23.